The van der Waals surface area contributed by atoms with Crippen LogP contribution in [0, 0.1) is 0 Å². The Balaban J connectivity index is 1.52. The SMILES string of the molecule is CCOC(=O)C1=C(c2ccccc2)N=C2SC=C(CC(=O)NCc3ccncc3)N2C1c1ccc(Cl)cc1. The van der Waals surface area contributed by atoms with Crippen molar-refractivity contribution in [3.05, 3.63) is 118 Å². The lowest BCUT2D eigenvalue weighted by molar-refractivity contribution is -0.139. The van der Waals surface area contributed by atoms with E-state index in [4.69, 9.17) is 21.3 Å². The van der Waals surface area contributed by atoms with Crippen molar-refractivity contribution >= 4 is 46.1 Å². The topological polar surface area (TPSA) is 83.9 Å². The first-order valence-electron chi connectivity index (χ1n) is 12.2. The van der Waals surface area contributed by atoms with Crippen LogP contribution >= 0.6 is 23.4 Å². The van der Waals surface area contributed by atoms with Crippen molar-refractivity contribution in [1.29, 1.82) is 0 Å². The van der Waals surface area contributed by atoms with E-state index in [0.717, 1.165) is 22.4 Å². The molecule has 3 aromatic rings. The Labute approximate surface area is 230 Å². The molecule has 0 bridgehead atoms. The van der Waals surface area contributed by atoms with Crippen molar-refractivity contribution in [1.82, 2.24) is 15.2 Å². The summed E-state index contributed by atoms with van der Waals surface area (Å²) in [6.07, 6.45) is 3.51. The average Bonchev–Trinajstić information content (AvgIpc) is 3.34. The number of carbonyl (C=O) groups excluding carboxylic acids is 2. The number of hydrogen-bond acceptors (Lipinski definition) is 7. The largest absolute Gasteiger partial charge is 0.463 e. The van der Waals surface area contributed by atoms with Crippen LogP contribution in [0.25, 0.3) is 5.70 Å². The Morgan fingerprint density at radius 3 is 2.50 bits per heavy atom. The second kappa shape index (κ2) is 11.7. The van der Waals surface area contributed by atoms with Crippen LogP contribution in [0.1, 0.15) is 36.1 Å². The fraction of sp³-hybridized carbons (Fsp3) is 0.172. The lowest BCUT2D eigenvalue weighted by atomic mass is 9.91. The van der Waals surface area contributed by atoms with E-state index >= 15 is 0 Å². The van der Waals surface area contributed by atoms with Crippen LogP contribution in [0.15, 0.2) is 101 Å². The smallest absolute Gasteiger partial charge is 0.338 e. The fourth-order valence-corrected chi connectivity index (χ4v) is 5.42. The van der Waals surface area contributed by atoms with Crippen LogP contribution in [-0.4, -0.2) is 33.5 Å². The maximum absolute atomic E-state index is 13.5. The van der Waals surface area contributed by atoms with Gasteiger partial charge in [-0.2, -0.15) is 0 Å². The van der Waals surface area contributed by atoms with Gasteiger partial charge in [0.15, 0.2) is 5.17 Å². The van der Waals surface area contributed by atoms with E-state index in [1.54, 1.807) is 31.5 Å². The number of ether oxygens (including phenoxy) is 1. The predicted molar refractivity (Wildman–Crippen MR) is 150 cm³/mol. The van der Waals surface area contributed by atoms with Crippen molar-refractivity contribution in [3.63, 3.8) is 0 Å². The number of rotatable bonds is 8. The van der Waals surface area contributed by atoms with Crippen LogP contribution < -0.4 is 5.32 Å². The van der Waals surface area contributed by atoms with Gasteiger partial charge in [0.2, 0.25) is 5.91 Å². The highest BCUT2D eigenvalue weighted by Crippen LogP contribution is 2.47. The Morgan fingerprint density at radius 1 is 1.05 bits per heavy atom. The van der Waals surface area contributed by atoms with Gasteiger partial charge in [-0.25, -0.2) is 9.79 Å². The number of esters is 1. The second-order valence-corrected chi connectivity index (χ2v) is 9.88. The van der Waals surface area contributed by atoms with E-state index in [1.807, 2.05) is 64.9 Å². The zero-order valence-corrected chi connectivity index (χ0v) is 22.2. The van der Waals surface area contributed by atoms with Crippen molar-refractivity contribution in [2.24, 2.45) is 4.99 Å². The second-order valence-electron chi connectivity index (χ2n) is 8.60. The molecule has 2 aliphatic heterocycles. The summed E-state index contributed by atoms with van der Waals surface area (Å²) in [5.74, 6) is -0.590. The first-order chi connectivity index (χ1) is 18.5. The number of nitrogens with one attached hydrogen (secondary N) is 1. The van der Waals surface area contributed by atoms with Crippen molar-refractivity contribution < 1.29 is 14.3 Å². The number of halogens is 1. The third-order valence-electron chi connectivity index (χ3n) is 6.12. The molecule has 0 radical (unpaired) electrons. The Kier molecular flexibility index (Phi) is 7.91. The van der Waals surface area contributed by atoms with E-state index in [0.29, 0.717) is 28.0 Å². The summed E-state index contributed by atoms with van der Waals surface area (Å²) in [7, 11) is 0. The normalized spacial score (nSPS) is 16.5. The number of carbonyl (C=O) groups is 2. The van der Waals surface area contributed by atoms with Gasteiger partial charge in [-0.3, -0.25) is 9.78 Å². The van der Waals surface area contributed by atoms with E-state index < -0.39 is 12.0 Å². The Hall–Kier alpha value is -3.88. The van der Waals surface area contributed by atoms with Gasteiger partial charge in [0.1, 0.15) is 0 Å². The number of aliphatic imine (C=N–C) groups is 1. The predicted octanol–water partition coefficient (Wildman–Crippen LogP) is 5.72. The molecule has 1 aromatic heterocycles. The highest BCUT2D eigenvalue weighted by molar-refractivity contribution is 8.16. The molecule has 2 aliphatic rings. The summed E-state index contributed by atoms with van der Waals surface area (Å²) in [6, 6.07) is 20.1. The maximum atomic E-state index is 13.5. The highest BCUT2D eigenvalue weighted by atomic mass is 35.5. The van der Waals surface area contributed by atoms with Crippen molar-refractivity contribution in [2.45, 2.75) is 25.9 Å². The van der Waals surface area contributed by atoms with Crippen LogP contribution in [0.5, 0.6) is 0 Å². The molecule has 3 heterocycles. The lowest BCUT2D eigenvalue weighted by Gasteiger charge is -2.36. The van der Waals surface area contributed by atoms with Gasteiger partial charge in [-0.15, -0.1) is 0 Å². The first-order valence-corrected chi connectivity index (χ1v) is 13.4. The van der Waals surface area contributed by atoms with Gasteiger partial charge < -0.3 is 15.0 Å². The van der Waals surface area contributed by atoms with Crippen molar-refractivity contribution in [3.8, 4) is 0 Å². The minimum absolute atomic E-state index is 0.123. The minimum Gasteiger partial charge on any atom is -0.463 e. The highest BCUT2D eigenvalue weighted by Gasteiger charge is 2.42. The molecule has 0 fully saturated rings. The summed E-state index contributed by atoms with van der Waals surface area (Å²) in [5, 5.41) is 6.17. The zero-order chi connectivity index (χ0) is 26.5. The Bertz CT molecular complexity index is 1420. The number of fused-ring (bicyclic) bond motifs is 1. The molecule has 38 heavy (non-hydrogen) atoms. The molecule has 1 atom stereocenters. The minimum atomic E-state index is -0.553. The van der Waals surface area contributed by atoms with E-state index in [2.05, 4.69) is 10.3 Å². The molecule has 0 saturated heterocycles. The van der Waals surface area contributed by atoms with Crippen LogP contribution in [-0.2, 0) is 20.9 Å². The molecule has 1 amide bonds. The molecule has 1 unspecified atom stereocenters. The van der Waals surface area contributed by atoms with E-state index in [9.17, 15) is 9.59 Å². The molecule has 192 valence electrons. The van der Waals surface area contributed by atoms with Gasteiger partial charge >= 0.3 is 5.97 Å². The summed E-state index contributed by atoms with van der Waals surface area (Å²) in [6.45, 7) is 2.40. The summed E-state index contributed by atoms with van der Waals surface area (Å²) < 4.78 is 5.53. The van der Waals surface area contributed by atoms with Gasteiger partial charge in [-0.05, 0) is 47.7 Å². The van der Waals surface area contributed by atoms with Crippen LogP contribution in [0.3, 0.4) is 0 Å². The molecule has 2 aromatic carbocycles. The molecule has 0 aliphatic carbocycles. The summed E-state index contributed by atoms with van der Waals surface area (Å²) in [4.78, 5) is 37.3. The summed E-state index contributed by atoms with van der Waals surface area (Å²) in [5.41, 5.74) is 4.32. The summed E-state index contributed by atoms with van der Waals surface area (Å²) >= 11 is 7.64. The lowest BCUT2D eigenvalue weighted by Crippen LogP contribution is -2.38. The number of amidine groups is 1. The molecule has 5 rings (SSSR count). The fourth-order valence-electron chi connectivity index (χ4n) is 4.38. The Morgan fingerprint density at radius 2 is 1.79 bits per heavy atom. The third-order valence-corrected chi connectivity index (χ3v) is 7.26. The molecular formula is C29H25ClN4O3S. The molecule has 0 spiro atoms. The van der Waals surface area contributed by atoms with E-state index in [-0.39, 0.29) is 18.9 Å². The standard InChI is InChI=1S/C29H25ClN4O3S/c1-2-37-28(36)25-26(20-6-4-3-5-7-20)33-29-34(27(25)21-8-10-22(30)11-9-21)23(18-38-29)16-24(35)32-17-19-12-14-31-15-13-19/h3-15,18,27H,2,16-17H2,1H3,(H,32,35). The molecule has 7 nitrogen and oxygen atoms in total. The number of amides is 1. The van der Waals surface area contributed by atoms with Gasteiger partial charge in [0.25, 0.3) is 0 Å². The average molecular weight is 545 g/mol. The number of aromatic nitrogens is 1. The maximum Gasteiger partial charge on any atom is 0.338 e. The van der Waals surface area contributed by atoms with Crippen LogP contribution in [0.4, 0.5) is 0 Å². The zero-order valence-electron chi connectivity index (χ0n) is 20.6. The number of pyridine rings is 1. The number of benzene rings is 2. The van der Waals surface area contributed by atoms with Crippen LogP contribution in [0.2, 0.25) is 5.02 Å². The first kappa shape index (κ1) is 25.8. The third kappa shape index (κ3) is 5.51. The number of nitrogens with zero attached hydrogens (tertiary/aromatic N) is 3. The van der Waals surface area contributed by atoms with Crippen molar-refractivity contribution in [2.75, 3.05) is 6.61 Å². The molecule has 1 N–H and O–H groups in total. The van der Waals surface area contributed by atoms with Gasteiger partial charge in [0, 0.05) is 35.2 Å². The molecule has 9 heteroatoms. The quantitative estimate of drug-likeness (QED) is 0.365. The van der Waals surface area contributed by atoms with E-state index in [1.165, 1.54) is 11.8 Å². The number of thioether (sulfide) groups is 1. The van der Waals surface area contributed by atoms with Gasteiger partial charge in [-0.1, -0.05) is 65.8 Å². The van der Waals surface area contributed by atoms with Gasteiger partial charge in [0.05, 0.1) is 30.3 Å². The molecular weight excluding hydrogens is 520 g/mol. The number of hydrogen-bond donors (Lipinski definition) is 1. The molecule has 0 saturated carbocycles. The monoisotopic (exact) mass is 544 g/mol.